The van der Waals surface area contributed by atoms with Gasteiger partial charge in [-0.15, -0.1) is 0 Å². The Morgan fingerprint density at radius 1 is 1.06 bits per heavy atom. The van der Waals surface area contributed by atoms with E-state index in [0.29, 0.717) is 0 Å². The second-order valence-corrected chi connectivity index (χ2v) is 3.85. The molecule has 2 rings (SSSR count). The van der Waals surface area contributed by atoms with Crippen molar-refractivity contribution in [1.82, 2.24) is 4.98 Å². The second kappa shape index (κ2) is 4.35. The van der Waals surface area contributed by atoms with Crippen LogP contribution in [0.3, 0.4) is 0 Å². The Bertz CT molecular complexity index is 506. The molecule has 2 aromatic rings. The fourth-order valence-corrected chi connectivity index (χ4v) is 1.74. The first kappa shape index (κ1) is 10.7. The van der Waals surface area contributed by atoms with Crippen LogP contribution < -0.4 is 4.74 Å². The molecule has 0 spiro atoms. The van der Waals surface area contributed by atoms with Crippen molar-refractivity contribution in [3.63, 3.8) is 0 Å². The highest BCUT2D eigenvalue weighted by Crippen LogP contribution is 2.25. The maximum atomic E-state index is 5.19. The van der Waals surface area contributed by atoms with E-state index >= 15 is 0 Å². The highest BCUT2D eigenvalue weighted by molar-refractivity contribution is 5.64. The molecule has 0 saturated carbocycles. The van der Waals surface area contributed by atoms with Crippen LogP contribution in [0.15, 0.2) is 36.4 Å². The largest absolute Gasteiger partial charge is 0.497 e. The van der Waals surface area contributed by atoms with Gasteiger partial charge < -0.3 is 4.74 Å². The average molecular weight is 213 g/mol. The van der Waals surface area contributed by atoms with Gasteiger partial charge in [0.15, 0.2) is 0 Å². The maximum absolute atomic E-state index is 5.19. The van der Waals surface area contributed by atoms with Gasteiger partial charge in [-0.25, -0.2) is 0 Å². The zero-order valence-electron chi connectivity index (χ0n) is 9.82. The molecule has 0 N–H and O–H groups in total. The molecule has 2 heteroatoms. The van der Waals surface area contributed by atoms with Crippen LogP contribution >= 0.6 is 0 Å². The zero-order valence-corrected chi connectivity index (χ0v) is 9.82. The summed E-state index contributed by atoms with van der Waals surface area (Å²) >= 11 is 0. The summed E-state index contributed by atoms with van der Waals surface area (Å²) in [5.41, 5.74) is 4.38. The molecular weight excluding hydrogens is 198 g/mol. The minimum absolute atomic E-state index is 0.883. The lowest BCUT2D eigenvalue weighted by atomic mass is 10.0. The van der Waals surface area contributed by atoms with Gasteiger partial charge in [0.25, 0.3) is 0 Å². The Labute approximate surface area is 95.9 Å². The number of methoxy groups -OCH3 is 1. The molecule has 0 aliphatic carbocycles. The smallest absolute Gasteiger partial charge is 0.119 e. The third-order valence-corrected chi connectivity index (χ3v) is 2.60. The van der Waals surface area contributed by atoms with E-state index in [2.05, 4.69) is 18.0 Å². The predicted molar refractivity (Wildman–Crippen MR) is 65.7 cm³/mol. The molecule has 1 heterocycles. The normalized spacial score (nSPS) is 10.2. The third kappa shape index (κ3) is 2.06. The molecular formula is C14H15NO. The van der Waals surface area contributed by atoms with Gasteiger partial charge in [-0.1, -0.05) is 6.07 Å². The monoisotopic (exact) mass is 213 g/mol. The van der Waals surface area contributed by atoms with E-state index in [0.717, 1.165) is 22.7 Å². The average Bonchev–Trinajstić information content (AvgIpc) is 2.28. The first-order chi connectivity index (χ1) is 7.70. The first-order valence-corrected chi connectivity index (χ1v) is 5.29. The lowest BCUT2D eigenvalue weighted by Crippen LogP contribution is -1.90. The molecule has 0 unspecified atom stereocenters. The van der Waals surface area contributed by atoms with Crippen molar-refractivity contribution in [2.24, 2.45) is 0 Å². The van der Waals surface area contributed by atoms with Crippen molar-refractivity contribution in [2.75, 3.05) is 7.11 Å². The van der Waals surface area contributed by atoms with Crippen molar-refractivity contribution in [3.05, 3.63) is 47.7 Å². The van der Waals surface area contributed by atoms with E-state index in [1.165, 1.54) is 5.56 Å². The highest BCUT2D eigenvalue weighted by Gasteiger charge is 2.04. The quantitative estimate of drug-likeness (QED) is 0.763. The number of rotatable bonds is 2. The Balaban J connectivity index is 2.48. The number of benzene rings is 1. The van der Waals surface area contributed by atoms with Crippen LogP contribution in [-0.4, -0.2) is 12.1 Å². The third-order valence-electron chi connectivity index (χ3n) is 2.60. The Hall–Kier alpha value is -1.83. The van der Waals surface area contributed by atoms with Crippen LogP contribution in [0, 0.1) is 13.8 Å². The lowest BCUT2D eigenvalue weighted by molar-refractivity contribution is 0.414. The van der Waals surface area contributed by atoms with E-state index in [-0.39, 0.29) is 0 Å². The number of ether oxygens (including phenoxy) is 1. The molecule has 2 nitrogen and oxygen atoms in total. The van der Waals surface area contributed by atoms with E-state index in [4.69, 9.17) is 4.74 Å². The van der Waals surface area contributed by atoms with Crippen molar-refractivity contribution in [1.29, 1.82) is 0 Å². The van der Waals surface area contributed by atoms with E-state index in [9.17, 15) is 0 Å². The molecule has 1 aromatic carbocycles. The number of hydrogen-bond acceptors (Lipinski definition) is 2. The van der Waals surface area contributed by atoms with Crippen LogP contribution in [0.1, 0.15) is 11.3 Å². The summed E-state index contributed by atoms with van der Waals surface area (Å²) in [7, 11) is 1.68. The van der Waals surface area contributed by atoms with Crippen molar-refractivity contribution in [3.8, 4) is 17.0 Å². The van der Waals surface area contributed by atoms with E-state index in [1.807, 2.05) is 37.3 Å². The van der Waals surface area contributed by atoms with Crippen LogP contribution in [0.4, 0.5) is 0 Å². The van der Waals surface area contributed by atoms with Crippen LogP contribution in [-0.2, 0) is 0 Å². The van der Waals surface area contributed by atoms with Gasteiger partial charge in [0, 0.05) is 11.3 Å². The molecule has 0 atom stereocenters. The summed E-state index contributed by atoms with van der Waals surface area (Å²) in [6.45, 7) is 4.07. The molecule has 0 amide bonds. The summed E-state index contributed by atoms with van der Waals surface area (Å²) in [5.74, 6) is 0.883. The van der Waals surface area contributed by atoms with Gasteiger partial charge in [0.05, 0.1) is 12.8 Å². The molecule has 0 aliphatic heterocycles. The van der Waals surface area contributed by atoms with Crippen molar-refractivity contribution < 1.29 is 4.74 Å². The summed E-state index contributed by atoms with van der Waals surface area (Å²) in [6, 6.07) is 12.1. The van der Waals surface area contributed by atoms with Gasteiger partial charge in [-0.05, 0) is 49.7 Å². The van der Waals surface area contributed by atoms with Crippen LogP contribution in [0.2, 0.25) is 0 Å². The topological polar surface area (TPSA) is 22.1 Å². The molecule has 0 radical (unpaired) electrons. The Morgan fingerprint density at radius 3 is 2.50 bits per heavy atom. The molecule has 0 saturated heterocycles. The number of aryl methyl sites for hydroxylation is 2. The Kier molecular flexibility index (Phi) is 2.91. The molecule has 1 aromatic heterocycles. The molecule has 82 valence electrons. The summed E-state index contributed by atoms with van der Waals surface area (Å²) in [5, 5.41) is 0. The van der Waals surface area contributed by atoms with Gasteiger partial charge in [0.1, 0.15) is 5.75 Å². The van der Waals surface area contributed by atoms with Gasteiger partial charge >= 0.3 is 0 Å². The van der Waals surface area contributed by atoms with Crippen LogP contribution in [0.5, 0.6) is 5.75 Å². The fraction of sp³-hybridized carbons (Fsp3) is 0.214. The predicted octanol–water partition coefficient (Wildman–Crippen LogP) is 3.37. The van der Waals surface area contributed by atoms with E-state index in [1.54, 1.807) is 7.11 Å². The van der Waals surface area contributed by atoms with Gasteiger partial charge in [0.2, 0.25) is 0 Å². The highest BCUT2D eigenvalue weighted by atomic mass is 16.5. The number of nitrogens with zero attached hydrogens (tertiary/aromatic N) is 1. The number of aromatic nitrogens is 1. The summed E-state index contributed by atoms with van der Waals surface area (Å²) in [6.07, 6.45) is 0. The van der Waals surface area contributed by atoms with E-state index < -0.39 is 0 Å². The van der Waals surface area contributed by atoms with Crippen molar-refractivity contribution in [2.45, 2.75) is 13.8 Å². The maximum Gasteiger partial charge on any atom is 0.119 e. The minimum Gasteiger partial charge on any atom is -0.497 e. The summed E-state index contributed by atoms with van der Waals surface area (Å²) < 4.78 is 5.19. The standard InChI is InChI=1S/C14H15NO/c1-10-9-12(16-3)7-8-13(10)14-6-4-5-11(2)15-14/h4-9H,1-3H3. The van der Waals surface area contributed by atoms with Gasteiger partial charge in [-0.2, -0.15) is 0 Å². The molecule has 0 aliphatic rings. The molecule has 16 heavy (non-hydrogen) atoms. The second-order valence-electron chi connectivity index (χ2n) is 3.85. The Morgan fingerprint density at radius 2 is 1.88 bits per heavy atom. The fourth-order valence-electron chi connectivity index (χ4n) is 1.74. The molecule has 0 bridgehead atoms. The van der Waals surface area contributed by atoms with Crippen molar-refractivity contribution >= 4 is 0 Å². The summed E-state index contributed by atoms with van der Waals surface area (Å²) in [4.78, 5) is 4.52. The lowest BCUT2D eigenvalue weighted by Gasteiger charge is -2.08. The molecule has 0 fully saturated rings. The first-order valence-electron chi connectivity index (χ1n) is 5.29. The van der Waals surface area contributed by atoms with Gasteiger partial charge in [-0.3, -0.25) is 4.98 Å². The van der Waals surface area contributed by atoms with Crippen LogP contribution in [0.25, 0.3) is 11.3 Å². The number of pyridine rings is 1. The zero-order chi connectivity index (χ0) is 11.5. The number of hydrogen-bond donors (Lipinski definition) is 0. The SMILES string of the molecule is COc1ccc(-c2cccc(C)n2)c(C)c1. The minimum atomic E-state index is 0.883.